The van der Waals surface area contributed by atoms with E-state index in [4.69, 9.17) is 4.42 Å². The highest BCUT2D eigenvalue weighted by molar-refractivity contribution is 7.99. The molecule has 26 heavy (non-hydrogen) atoms. The third-order valence-electron chi connectivity index (χ3n) is 4.74. The number of hydrogen-bond donors (Lipinski definition) is 0. The molecule has 0 N–H and O–H groups in total. The molecule has 1 amide bonds. The molecule has 1 aliphatic rings. The predicted octanol–water partition coefficient (Wildman–Crippen LogP) is 3.45. The van der Waals surface area contributed by atoms with Gasteiger partial charge in [-0.3, -0.25) is 4.79 Å². The Balaban J connectivity index is 1.49. The van der Waals surface area contributed by atoms with Gasteiger partial charge in [0.05, 0.1) is 17.6 Å². The van der Waals surface area contributed by atoms with Crippen molar-refractivity contribution in [3.8, 4) is 11.4 Å². The predicted molar refractivity (Wildman–Crippen MR) is 101 cm³/mol. The summed E-state index contributed by atoms with van der Waals surface area (Å²) in [6, 6.07) is 10.2. The quantitative estimate of drug-likeness (QED) is 0.660. The lowest BCUT2D eigenvalue weighted by molar-refractivity contribution is -0.116. The van der Waals surface area contributed by atoms with Crippen LogP contribution in [-0.2, 0) is 18.3 Å². The molecule has 134 valence electrons. The van der Waals surface area contributed by atoms with Gasteiger partial charge in [-0.15, -0.1) is 10.2 Å². The lowest BCUT2D eigenvalue weighted by atomic mass is 10.1. The normalized spacial score (nSPS) is 16.1. The summed E-state index contributed by atoms with van der Waals surface area (Å²) >= 11 is 1.41. The van der Waals surface area contributed by atoms with Crippen molar-refractivity contribution in [3.63, 3.8) is 0 Å². The fourth-order valence-electron chi connectivity index (χ4n) is 3.43. The van der Waals surface area contributed by atoms with E-state index in [1.165, 1.54) is 17.3 Å². The van der Waals surface area contributed by atoms with Gasteiger partial charge < -0.3 is 13.9 Å². The Labute approximate surface area is 156 Å². The second-order valence-electron chi connectivity index (χ2n) is 6.49. The molecule has 1 aliphatic heterocycles. The summed E-state index contributed by atoms with van der Waals surface area (Å²) < 4.78 is 7.25. The number of amides is 1. The molecule has 0 radical (unpaired) electrons. The van der Waals surface area contributed by atoms with Crippen molar-refractivity contribution in [3.05, 3.63) is 47.9 Å². The third kappa shape index (κ3) is 2.82. The number of aryl methyl sites for hydroxylation is 1. The number of thioether (sulfide) groups is 1. The summed E-state index contributed by atoms with van der Waals surface area (Å²) in [5, 5.41) is 9.21. The van der Waals surface area contributed by atoms with Crippen LogP contribution in [0.2, 0.25) is 0 Å². The highest BCUT2D eigenvalue weighted by Crippen LogP contribution is 2.33. The Kier molecular flexibility index (Phi) is 4.32. The van der Waals surface area contributed by atoms with Gasteiger partial charge in [0.15, 0.2) is 11.0 Å². The minimum atomic E-state index is 0.0940. The molecule has 7 heteroatoms. The van der Waals surface area contributed by atoms with Crippen LogP contribution in [0, 0.1) is 6.92 Å². The number of carbonyl (C=O) groups excluding carboxylic acids is 1. The molecule has 0 bridgehead atoms. The molecule has 1 atom stereocenters. The zero-order chi connectivity index (χ0) is 18.3. The molecule has 2 aromatic heterocycles. The second-order valence-corrected chi connectivity index (χ2v) is 7.43. The van der Waals surface area contributed by atoms with Gasteiger partial charge in [0, 0.05) is 18.8 Å². The van der Waals surface area contributed by atoms with E-state index in [1.807, 2.05) is 47.7 Å². The van der Waals surface area contributed by atoms with Crippen molar-refractivity contribution in [2.24, 2.45) is 7.05 Å². The first-order valence-electron chi connectivity index (χ1n) is 8.53. The fraction of sp³-hybridized carbons (Fsp3) is 0.316. The molecule has 0 saturated heterocycles. The first-order valence-corrected chi connectivity index (χ1v) is 9.51. The Morgan fingerprint density at radius 1 is 1.31 bits per heavy atom. The van der Waals surface area contributed by atoms with Gasteiger partial charge in [0.1, 0.15) is 5.76 Å². The largest absolute Gasteiger partial charge is 0.469 e. The summed E-state index contributed by atoms with van der Waals surface area (Å²) in [5.41, 5.74) is 3.17. The maximum Gasteiger partial charge on any atom is 0.237 e. The first kappa shape index (κ1) is 16.9. The number of hydrogen-bond acceptors (Lipinski definition) is 5. The van der Waals surface area contributed by atoms with Crippen LogP contribution in [0.15, 0.2) is 46.2 Å². The van der Waals surface area contributed by atoms with Gasteiger partial charge >= 0.3 is 0 Å². The first-order chi connectivity index (χ1) is 12.6. The molecule has 0 spiro atoms. The van der Waals surface area contributed by atoms with Crippen LogP contribution in [0.25, 0.3) is 11.4 Å². The number of benzene rings is 1. The molecule has 1 aromatic carbocycles. The number of rotatable bonds is 4. The average molecular weight is 368 g/mol. The average Bonchev–Trinajstić information content (AvgIpc) is 3.29. The van der Waals surface area contributed by atoms with Crippen molar-refractivity contribution in [1.82, 2.24) is 14.8 Å². The maximum absolute atomic E-state index is 12.8. The lowest BCUT2D eigenvalue weighted by Gasteiger charge is -2.22. The van der Waals surface area contributed by atoms with Crippen molar-refractivity contribution in [2.75, 3.05) is 10.7 Å². The number of fused-ring (bicyclic) bond motifs is 1. The Morgan fingerprint density at radius 3 is 2.88 bits per heavy atom. The lowest BCUT2D eigenvalue weighted by Crippen LogP contribution is -2.37. The van der Waals surface area contributed by atoms with Crippen LogP contribution in [-0.4, -0.2) is 32.5 Å². The maximum atomic E-state index is 12.8. The van der Waals surface area contributed by atoms with E-state index in [1.54, 1.807) is 6.26 Å². The molecular weight excluding hydrogens is 348 g/mol. The Bertz CT molecular complexity index is 962. The van der Waals surface area contributed by atoms with Gasteiger partial charge in [-0.25, -0.2) is 0 Å². The molecule has 0 saturated carbocycles. The van der Waals surface area contributed by atoms with Crippen LogP contribution in [0.3, 0.4) is 0 Å². The summed E-state index contributed by atoms with van der Waals surface area (Å²) in [6.45, 7) is 3.98. The highest BCUT2D eigenvalue weighted by Gasteiger charge is 2.30. The van der Waals surface area contributed by atoms with E-state index in [9.17, 15) is 4.79 Å². The van der Waals surface area contributed by atoms with Gasteiger partial charge in [-0.2, -0.15) is 0 Å². The van der Waals surface area contributed by atoms with Crippen LogP contribution >= 0.6 is 11.8 Å². The molecule has 3 heterocycles. The van der Waals surface area contributed by atoms with Crippen LogP contribution in [0.4, 0.5) is 5.69 Å². The summed E-state index contributed by atoms with van der Waals surface area (Å²) in [7, 11) is 1.91. The molecular formula is C19H20N4O2S. The fourth-order valence-corrected chi connectivity index (χ4v) is 4.20. The SMILES string of the molecule is Cc1occc1-c1nnc(SCC(=O)N2c3ccccc3CC2C)n1C. The summed E-state index contributed by atoms with van der Waals surface area (Å²) in [5.74, 6) is 1.97. The number of carbonyl (C=O) groups is 1. The Hall–Kier alpha value is -2.54. The minimum absolute atomic E-state index is 0.0940. The Morgan fingerprint density at radius 2 is 2.12 bits per heavy atom. The standard InChI is InChI=1S/C19H20N4O2S/c1-12-10-14-6-4-5-7-16(14)23(12)17(24)11-26-19-21-20-18(22(19)3)15-8-9-25-13(15)2/h4-9,12H,10-11H2,1-3H3. The van der Waals surface area contributed by atoms with Gasteiger partial charge in [-0.1, -0.05) is 30.0 Å². The van der Waals surface area contributed by atoms with E-state index < -0.39 is 0 Å². The van der Waals surface area contributed by atoms with Crippen molar-refractivity contribution in [2.45, 2.75) is 31.5 Å². The zero-order valence-corrected chi connectivity index (χ0v) is 15.8. The number of nitrogens with zero attached hydrogens (tertiary/aromatic N) is 4. The number of aromatic nitrogens is 3. The monoisotopic (exact) mass is 368 g/mol. The van der Waals surface area contributed by atoms with E-state index in [0.717, 1.165) is 29.3 Å². The van der Waals surface area contributed by atoms with Crippen LogP contribution < -0.4 is 4.90 Å². The number of furan rings is 1. The third-order valence-corrected chi connectivity index (χ3v) is 5.74. The van der Waals surface area contributed by atoms with Gasteiger partial charge in [-0.05, 0) is 38.0 Å². The van der Waals surface area contributed by atoms with Crippen molar-refractivity contribution >= 4 is 23.4 Å². The topological polar surface area (TPSA) is 64.2 Å². The van der Waals surface area contributed by atoms with Crippen molar-refractivity contribution < 1.29 is 9.21 Å². The second kappa shape index (κ2) is 6.64. The summed E-state index contributed by atoms with van der Waals surface area (Å²) in [6.07, 6.45) is 2.54. The molecule has 4 rings (SSSR count). The molecule has 0 fully saturated rings. The number of anilines is 1. The zero-order valence-electron chi connectivity index (χ0n) is 15.0. The summed E-state index contributed by atoms with van der Waals surface area (Å²) in [4.78, 5) is 14.7. The van der Waals surface area contributed by atoms with E-state index in [0.29, 0.717) is 10.9 Å². The highest BCUT2D eigenvalue weighted by atomic mass is 32.2. The number of para-hydroxylation sites is 1. The van der Waals surface area contributed by atoms with E-state index in [2.05, 4.69) is 23.2 Å². The molecule has 1 unspecified atom stereocenters. The van der Waals surface area contributed by atoms with Crippen LogP contribution in [0.5, 0.6) is 0 Å². The van der Waals surface area contributed by atoms with Gasteiger partial charge in [0.2, 0.25) is 5.91 Å². The smallest absolute Gasteiger partial charge is 0.237 e. The molecule has 6 nitrogen and oxygen atoms in total. The minimum Gasteiger partial charge on any atom is -0.469 e. The van der Waals surface area contributed by atoms with Crippen molar-refractivity contribution in [1.29, 1.82) is 0 Å². The molecule has 0 aliphatic carbocycles. The van der Waals surface area contributed by atoms with E-state index >= 15 is 0 Å². The molecule has 3 aromatic rings. The van der Waals surface area contributed by atoms with E-state index in [-0.39, 0.29) is 11.9 Å². The van der Waals surface area contributed by atoms with Crippen LogP contribution in [0.1, 0.15) is 18.2 Å². The van der Waals surface area contributed by atoms with Gasteiger partial charge in [0.25, 0.3) is 0 Å².